The first-order chi connectivity index (χ1) is 18.5. The number of likely N-dealkylation sites (tertiary alicyclic amines) is 1. The van der Waals surface area contributed by atoms with Crippen molar-refractivity contribution in [1.82, 2.24) is 9.80 Å². The number of para-hydroxylation sites is 1. The number of hydrogen-bond donors (Lipinski definition) is 0. The highest BCUT2D eigenvalue weighted by Gasteiger charge is 2.36. The van der Waals surface area contributed by atoms with E-state index in [0.717, 1.165) is 34.4 Å². The summed E-state index contributed by atoms with van der Waals surface area (Å²) in [7, 11) is 0. The number of carbonyl (C=O) groups excluding carboxylic acids is 2. The fraction of sp³-hybridized carbons (Fsp3) is 0.355. The molecule has 3 aromatic rings. The summed E-state index contributed by atoms with van der Waals surface area (Å²) in [6.07, 6.45) is 1.58. The third kappa shape index (κ3) is 6.58. The molecule has 0 aromatic heterocycles. The largest absolute Gasteiger partial charge is 0.491 e. The van der Waals surface area contributed by atoms with Crippen molar-refractivity contribution in [3.8, 4) is 5.75 Å². The number of amides is 2. The maximum Gasteiger partial charge on any atom is 0.228 e. The fourth-order valence-electron chi connectivity index (χ4n) is 5.15. The van der Waals surface area contributed by atoms with E-state index in [1.165, 1.54) is 12.1 Å². The minimum atomic E-state index is -0.381. The van der Waals surface area contributed by atoms with Gasteiger partial charge < -0.3 is 19.3 Å². The SMILES string of the molecule is O=C1CC(C(=O)N2CCOCCOc3ccccc3Cc3cccc(c3)C2)CN1CCc1ccc(F)cc1. The van der Waals surface area contributed by atoms with Crippen LogP contribution in [-0.2, 0) is 33.7 Å². The van der Waals surface area contributed by atoms with Gasteiger partial charge in [-0.15, -0.1) is 0 Å². The van der Waals surface area contributed by atoms with Crippen molar-refractivity contribution in [2.75, 3.05) is 39.5 Å². The molecule has 2 heterocycles. The highest BCUT2D eigenvalue weighted by atomic mass is 19.1. The lowest BCUT2D eigenvalue weighted by molar-refractivity contribution is -0.137. The van der Waals surface area contributed by atoms with E-state index >= 15 is 0 Å². The molecule has 1 saturated heterocycles. The summed E-state index contributed by atoms with van der Waals surface area (Å²) >= 11 is 0. The van der Waals surface area contributed by atoms with Gasteiger partial charge in [-0.2, -0.15) is 0 Å². The standard InChI is InChI=1S/C31H33FN2O4/c32-28-10-8-23(9-11-28)12-13-33-22-27(20-30(33)35)31(36)34-14-15-37-16-17-38-29-7-2-1-6-26(29)19-24-4-3-5-25(18-24)21-34/h1-11,18,27H,12-17,19-22H2. The quantitative estimate of drug-likeness (QED) is 0.521. The molecule has 198 valence electrons. The Morgan fingerprint density at radius 1 is 0.947 bits per heavy atom. The van der Waals surface area contributed by atoms with Crippen LogP contribution < -0.4 is 4.74 Å². The highest BCUT2D eigenvalue weighted by Crippen LogP contribution is 2.24. The molecule has 0 radical (unpaired) electrons. The van der Waals surface area contributed by atoms with Crippen LogP contribution >= 0.6 is 0 Å². The van der Waals surface area contributed by atoms with E-state index in [9.17, 15) is 14.0 Å². The zero-order chi connectivity index (χ0) is 26.3. The Bertz CT molecular complexity index is 1260. The van der Waals surface area contributed by atoms with Crippen LogP contribution in [0.3, 0.4) is 0 Å². The van der Waals surface area contributed by atoms with Crippen LogP contribution in [0.2, 0.25) is 0 Å². The first-order valence-electron chi connectivity index (χ1n) is 13.2. The lowest BCUT2D eigenvalue weighted by Gasteiger charge is -2.26. The van der Waals surface area contributed by atoms with Crippen LogP contribution in [0, 0.1) is 11.7 Å². The van der Waals surface area contributed by atoms with Crippen molar-refractivity contribution in [1.29, 1.82) is 0 Å². The van der Waals surface area contributed by atoms with Crippen molar-refractivity contribution in [3.05, 3.63) is 101 Å². The van der Waals surface area contributed by atoms with E-state index in [2.05, 4.69) is 18.2 Å². The monoisotopic (exact) mass is 516 g/mol. The Kier molecular flexibility index (Phi) is 8.34. The van der Waals surface area contributed by atoms with Gasteiger partial charge in [-0.3, -0.25) is 9.59 Å². The highest BCUT2D eigenvalue weighted by molar-refractivity contribution is 5.89. The minimum Gasteiger partial charge on any atom is -0.491 e. The fourth-order valence-corrected chi connectivity index (χ4v) is 5.15. The lowest BCUT2D eigenvalue weighted by Crippen LogP contribution is -2.39. The lowest BCUT2D eigenvalue weighted by atomic mass is 10.0. The predicted molar refractivity (Wildman–Crippen MR) is 142 cm³/mol. The summed E-state index contributed by atoms with van der Waals surface area (Å²) in [5, 5.41) is 0. The second-order valence-corrected chi connectivity index (χ2v) is 9.94. The van der Waals surface area contributed by atoms with Gasteiger partial charge in [-0.25, -0.2) is 4.39 Å². The van der Waals surface area contributed by atoms with Crippen LogP contribution in [0.4, 0.5) is 4.39 Å². The summed E-state index contributed by atoms with van der Waals surface area (Å²) in [6, 6.07) is 22.6. The Labute approximate surface area is 223 Å². The zero-order valence-corrected chi connectivity index (χ0v) is 21.5. The third-order valence-corrected chi connectivity index (χ3v) is 7.18. The van der Waals surface area contributed by atoms with Gasteiger partial charge in [0, 0.05) is 39.0 Å². The second-order valence-electron chi connectivity index (χ2n) is 9.94. The molecule has 0 spiro atoms. The van der Waals surface area contributed by atoms with Crippen LogP contribution in [0.25, 0.3) is 0 Å². The number of nitrogens with zero attached hydrogens (tertiary/aromatic N) is 2. The molecule has 3 aromatic carbocycles. The van der Waals surface area contributed by atoms with Gasteiger partial charge in [-0.05, 0) is 46.9 Å². The van der Waals surface area contributed by atoms with Gasteiger partial charge in [0.05, 0.1) is 19.1 Å². The summed E-state index contributed by atoms with van der Waals surface area (Å²) < 4.78 is 25.0. The summed E-state index contributed by atoms with van der Waals surface area (Å²) in [5.41, 5.74) is 4.28. The predicted octanol–water partition coefficient (Wildman–Crippen LogP) is 4.25. The molecule has 2 bridgehead atoms. The third-order valence-electron chi connectivity index (χ3n) is 7.18. The number of carbonyl (C=O) groups is 2. The van der Waals surface area contributed by atoms with Crippen LogP contribution in [0.5, 0.6) is 5.75 Å². The van der Waals surface area contributed by atoms with Gasteiger partial charge in [0.1, 0.15) is 18.2 Å². The van der Waals surface area contributed by atoms with Crippen LogP contribution in [0.15, 0.2) is 72.8 Å². The van der Waals surface area contributed by atoms with Crippen molar-refractivity contribution in [3.63, 3.8) is 0 Å². The van der Waals surface area contributed by atoms with Crippen molar-refractivity contribution < 1.29 is 23.5 Å². The van der Waals surface area contributed by atoms with Crippen molar-refractivity contribution in [2.45, 2.75) is 25.8 Å². The molecule has 0 saturated carbocycles. The first kappa shape index (κ1) is 25.9. The average molecular weight is 517 g/mol. The molecular formula is C31H33FN2O4. The van der Waals surface area contributed by atoms with Crippen molar-refractivity contribution >= 4 is 11.8 Å². The molecule has 2 aliphatic rings. The summed E-state index contributed by atoms with van der Waals surface area (Å²) in [4.78, 5) is 29.9. The van der Waals surface area contributed by atoms with E-state index in [0.29, 0.717) is 52.4 Å². The molecule has 6 nitrogen and oxygen atoms in total. The Balaban J connectivity index is 1.27. The van der Waals surface area contributed by atoms with Gasteiger partial charge in [0.2, 0.25) is 11.8 Å². The van der Waals surface area contributed by atoms with Crippen LogP contribution in [0.1, 0.15) is 28.7 Å². The van der Waals surface area contributed by atoms with E-state index in [4.69, 9.17) is 9.47 Å². The van der Waals surface area contributed by atoms with E-state index in [1.807, 2.05) is 35.2 Å². The Morgan fingerprint density at radius 2 is 1.76 bits per heavy atom. The molecule has 38 heavy (non-hydrogen) atoms. The van der Waals surface area contributed by atoms with Crippen molar-refractivity contribution in [2.24, 2.45) is 5.92 Å². The minimum absolute atomic E-state index is 0.0124. The summed E-state index contributed by atoms with van der Waals surface area (Å²) in [6.45, 7) is 3.09. The number of ether oxygens (including phenoxy) is 2. The molecule has 5 rings (SSSR count). The van der Waals surface area contributed by atoms with Crippen LogP contribution in [-0.4, -0.2) is 61.1 Å². The molecule has 1 fully saturated rings. The summed E-state index contributed by atoms with van der Waals surface area (Å²) in [5.74, 6) is 0.172. The Morgan fingerprint density at radius 3 is 2.63 bits per heavy atom. The maximum absolute atomic E-state index is 13.6. The van der Waals surface area contributed by atoms with Gasteiger partial charge in [0.15, 0.2) is 0 Å². The molecule has 2 aliphatic heterocycles. The number of rotatable bonds is 4. The molecule has 0 N–H and O–H groups in total. The number of halogens is 1. The first-order valence-corrected chi connectivity index (χ1v) is 13.2. The molecule has 1 atom stereocenters. The van der Waals surface area contributed by atoms with E-state index < -0.39 is 0 Å². The second kappa shape index (κ2) is 12.2. The normalized spacial score (nSPS) is 18.4. The molecule has 0 aliphatic carbocycles. The van der Waals surface area contributed by atoms with Gasteiger partial charge in [-0.1, -0.05) is 54.6 Å². The van der Waals surface area contributed by atoms with E-state index in [1.54, 1.807) is 17.0 Å². The molecule has 2 amide bonds. The molecule has 7 heteroatoms. The van der Waals surface area contributed by atoms with Gasteiger partial charge in [0.25, 0.3) is 0 Å². The number of benzene rings is 3. The topological polar surface area (TPSA) is 59.1 Å². The maximum atomic E-state index is 13.6. The van der Waals surface area contributed by atoms with E-state index in [-0.39, 0.29) is 30.0 Å². The molecular weight excluding hydrogens is 483 g/mol. The zero-order valence-electron chi connectivity index (χ0n) is 21.5. The van der Waals surface area contributed by atoms with Gasteiger partial charge >= 0.3 is 0 Å². The number of hydrogen-bond acceptors (Lipinski definition) is 4. The number of fused-ring (bicyclic) bond motifs is 3. The Hall–Kier alpha value is -3.71. The molecule has 1 unspecified atom stereocenters. The average Bonchev–Trinajstić information content (AvgIpc) is 3.30. The smallest absolute Gasteiger partial charge is 0.228 e.